The van der Waals surface area contributed by atoms with Gasteiger partial charge < -0.3 is 11.7 Å². The summed E-state index contributed by atoms with van der Waals surface area (Å²) in [6.07, 6.45) is -0.971. The number of carbonyl (C=O) groups is 2. The fourth-order valence-electron chi connectivity index (χ4n) is 7.12. The van der Waals surface area contributed by atoms with Crippen LogP contribution in [0.15, 0.2) is 95.1 Å². The van der Waals surface area contributed by atoms with Crippen LogP contribution in [0.5, 0.6) is 0 Å². The molecule has 0 saturated heterocycles. The Morgan fingerprint density at radius 2 is 0.938 bits per heavy atom. The molecule has 0 fully saturated rings. The Morgan fingerprint density at radius 3 is 1.25 bits per heavy atom. The zero-order valence-electron chi connectivity index (χ0n) is 25.7. The van der Waals surface area contributed by atoms with E-state index in [1.54, 1.807) is 62.4 Å². The fourth-order valence-corrected chi connectivity index (χ4v) is 9.52. The summed E-state index contributed by atoms with van der Waals surface area (Å²) in [5, 5.41) is 7.11. The lowest BCUT2D eigenvalue weighted by Gasteiger charge is -2.37. The Morgan fingerprint density at radius 1 is 0.583 bits per heavy atom. The highest BCUT2D eigenvalue weighted by Crippen LogP contribution is 2.48. The van der Waals surface area contributed by atoms with Crippen molar-refractivity contribution in [1.29, 1.82) is 0 Å². The molecule has 0 aliphatic heterocycles. The molecular weight excluding hydrogens is 657 g/mol. The van der Waals surface area contributed by atoms with Gasteiger partial charge in [0.1, 0.15) is 11.4 Å². The van der Waals surface area contributed by atoms with Gasteiger partial charge in [0, 0.05) is 24.0 Å². The molecule has 4 aromatic rings. The Kier molecular flexibility index (Phi) is 7.75. The molecular formula is C34H30N4O8S2. The molecule has 0 bridgehead atoms. The maximum absolute atomic E-state index is 13.3. The van der Waals surface area contributed by atoms with Crippen LogP contribution in [0.2, 0.25) is 0 Å². The van der Waals surface area contributed by atoms with Gasteiger partial charge in [-0.1, -0.05) is 84.9 Å². The predicted molar refractivity (Wildman–Crippen MR) is 180 cm³/mol. The molecule has 2 aliphatic carbocycles. The number of hydrogen-bond donors (Lipinski definition) is 4. The summed E-state index contributed by atoms with van der Waals surface area (Å²) in [6, 6.07) is 21.8. The Labute approximate surface area is 276 Å². The summed E-state index contributed by atoms with van der Waals surface area (Å²) in [6.45, 7) is 3.49. The van der Waals surface area contributed by atoms with Crippen molar-refractivity contribution < 1.29 is 35.5 Å². The average molecular weight is 687 g/mol. The van der Waals surface area contributed by atoms with Crippen LogP contribution in [0.4, 0.5) is 0 Å². The Hall–Kier alpha value is -5.02. The number of benzene rings is 4. The second-order valence-electron chi connectivity index (χ2n) is 11.9. The van der Waals surface area contributed by atoms with E-state index in [-0.39, 0.29) is 44.8 Å². The number of carbonyl (C=O) groups excluding carboxylic acids is 2. The molecule has 4 aromatic carbocycles. The van der Waals surface area contributed by atoms with Gasteiger partial charge in [-0.25, -0.2) is 0 Å². The van der Waals surface area contributed by atoms with Gasteiger partial charge in [0.15, 0.2) is 9.49 Å². The lowest BCUT2D eigenvalue weighted by atomic mass is 9.75. The van der Waals surface area contributed by atoms with Crippen molar-refractivity contribution in [2.24, 2.45) is 21.9 Å². The lowest BCUT2D eigenvalue weighted by molar-refractivity contribution is 0.105. The van der Waals surface area contributed by atoms with Gasteiger partial charge in [-0.15, -0.1) is 0 Å². The number of nitrogens with two attached hydrogens (primary N) is 2. The van der Waals surface area contributed by atoms with Gasteiger partial charge in [-0.05, 0) is 58.4 Å². The van der Waals surface area contributed by atoms with Gasteiger partial charge in [0.05, 0.1) is 0 Å². The minimum atomic E-state index is -4.91. The molecule has 6 N–H and O–H groups in total. The van der Waals surface area contributed by atoms with Crippen LogP contribution in [0.25, 0.3) is 11.1 Å². The van der Waals surface area contributed by atoms with Crippen LogP contribution < -0.4 is 11.7 Å². The standard InChI is InChI=1S/C34H30N4O8S2/c1-19-15-21(33(47(41,42)43)17-29(37-35)31(39)25-7-3-5-9-27(25)33)11-13-23(19)24-14-12-22(16-20(24)2)34(48(44,45)46)18-30(38-36)32(40)26-8-4-6-10-28(26)34/h3-16H,17-18,35-36H2,1-2H3,(H,41,42,43)(H,44,45,46). The van der Waals surface area contributed by atoms with Gasteiger partial charge in [-0.3, -0.25) is 18.7 Å². The lowest BCUT2D eigenvalue weighted by Crippen LogP contribution is -2.45. The first-order valence-corrected chi connectivity index (χ1v) is 17.5. The maximum atomic E-state index is 13.3. The molecule has 14 heteroatoms. The van der Waals surface area contributed by atoms with E-state index < -0.39 is 54.1 Å². The van der Waals surface area contributed by atoms with Gasteiger partial charge in [0.25, 0.3) is 20.2 Å². The van der Waals surface area contributed by atoms with Crippen molar-refractivity contribution in [2.75, 3.05) is 0 Å². The van der Waals surface area contributed by atoms with E-state index in [0.717, 1.165) is 0 Å². The molecule has 2 atom stereocenters. The van der Waals surface area contributed by atoms with E-state index in [0.29, 0.717) is 22.3 Å². The summed E-state index contributed by atoms with van der Waals surface area (Å²) in [4.78, 5) is 26.0. The highest BCUT2D eigenvalue weighted by atomic mass is 32.2. The van der Waals surface area contributed by atoms with E-state index in [9.17, 15) is 35.5 Å². The zero-order chi connectivity index (χ0) is 34.8. The first-order valence-electron chi connectivity index (χ1n) is 14.6. The van der Waals surface area contributed by atoms with E-state index >= 15 is 0 Å². The molecule has 0 radical (unpaired) electrons. The fraction of sp³-hybridized carbons (Fsp3) is 0.176. The van der Waals surface area contributed by atoms with E-state index in [1.807, 2.05) is 0 Å². The van der Waals surface area contributed by atoms with Gasteiger partial charge >= 0.3 is 0 Å². The minimum absolute atomic E-state index is 0.0559. The highest BCUT2D eigenvalue weighted by molar-refractivity contribution is 7.87. The zero-order valence-corrected chi connectivity index (χ0v) is 27.3. The topological polar surface area (TPSA) is 220 Å². The van der Waals surface area contributed by atoms with Crippen molar-refractivity contribution in [2.45, 2.75) is 36.2 Å². The van der Waals surface area contributed by atoms with Crippen LogP contribution in [0, 0.1) is 13.8 Å². The van der Waals surface area contributed by atoms with Crippen LogP contribution in [0.1, 0.15) is 66.9 Å². The predicted octanol–water partition coefficient (Wildman–Crippen LogP) is 4.04. The second-order valence-corrected chi connectivity index (χ2v) is 15.2. The van der Waals surface area contributed by atoms with E-state index in [1.165, 1.54) is 36.4 Å². The molecule has 0 amide bonds. The number of nitrogens with zero attached hydrogens (tertiary/aromatic N) is 2. The molecule has 12 nitrogen and oxygen atoms in total. The van der Waals surface area contributed by atoms with E-state index in [4.69, 9.17) is 11.7 Å². The van der Waals surface area contributed by atoms with Crippen molar-refractivity contribution in [3.8, 4) is 11.1 Å². The van der Waals surface area contributed by atoms with Crippen LogP contribution in [-0.2, 0) is 29.7 Å². The quantitative estimate of drug-likeness (QED) is 0.134. The van der Waals surface area contributed by atoms with Crippen molar-refractivity contribution in [1.82, 2.24) is 0 Å². The maximum Gasteiger partial charge on any atom is 0.279 e. The molecule has 0 saturated carbocycles. The van der Waals surface area contributed by atoms with Gasteiger partial charge in [0.2, 0.25) is 11.6 Å². The molecule has 246 valence electrons. The third-order valence-corrected chi connectivity index (χ3v) is 12.4. The van der Waals surface area contributed by atoms with E-state index in [2.05, 4.69) is 10.2 Å². The SMILES string of the molecule is Cc1cc(C2(S(=O)(=O)O)CC(=NN)C(=O)c3ccccc32)ccc1-c1ccc(C2(S(=O)(=O)O)CC(=NN)C(=O)c3ccccc32)cc1C. The smallest absolute Gasteiger partial charge is 0.279 e. The molecule has 48 heavy (non-hydrogen) atoms. The van der Waals surface area contributed by atoms with Crippen molar-refractivity contribution >= 4 is 43.2 Å². The Balaban J connectivity index is 1.51. The number of fused-ring (bicyclic) bond motifs is 2. The summed E-state index contributed by atoms with van der Waals surface area (Å²) < 4.78 is 70.3. The first kappa shape index (κ1) is 32.9. The van der Waals surface area contributed by atoms with Crippen molar-refractivity contribution in [3.05, 3.63) is 129 Å². The third kappa shape index (κ3) is 4.63. The number of Topliss-reactive ketones (excluding diaryl/α,β-unsaturated/α-hetero) is 2. The number of hydrogen-bond acceptors (Lipinski definition) is 10. The number of rotatable bonds is 5. The molecule has 0 aromatic heterocycles. The van der Waals surface area contributed by atoms with Crippen LogP contribution in [-0.4, -0.2) is 48.9 Å². The molecule has 6 rings (SSSR count). The average Bonchev–Trinajstić information content (AvgIpc) is 3.04. The van der Waals surface area contributed by atoms with Crippen LogP contribution in [0.3, 0.4) is 0 Å². The van der Waals surface area contributed by atoms with Crippen molar-refractivity contribution in [3.63, 3.8) is 0 Å². The molecule has 0 spiro atoms. The Bertz CT molecular complexity index is 2190. The van der Waals surface area contributed by atoms with Gasteiger partial charge in [-0.2, -0.15) is 27.0 Å². The third-order valence-electron chi connectivity index (χ3n) is 9.44. The normalized spacial score (nSPS) is 22.8. The summed E-state index contributed by atoms with van der Waals surface area (Å²) in [5.41, 5.74) is 2.77. The summed E-state index contributed by atoms with van der Waals surface area (Å²) in [5.74, 6) is 9.93. The second kappa shape index (κ2) is 11.3. The first-order chi connectivity index (χ1) is 22.6. The number of aryl methyl sites for hydroxylation is 2. The largest absolute Gasteiger partial charge is 0.323 e. The highest BCUT2D eigenvalue weighted by Gasteiger charge is 2.54. The number of hydrazone groups is 2. The minimum Gasteiger partial charge on any atom is -0.323 e. The molecule has 2 unspecified atom stereocenters. The monoisotopic (exact) mass is 686 g/mol. The molecule has 0 heterocycles. The van der Waals surface area contributed by atoms with Crippen LogP contribution >= 0.6 is 0 Å². The summed E-state index contributed by atoms with van der Waals surface area (Å²) in [7, 11) is -9.82. The summed E-state index contributed by atoms with van der Waals surface area (Å²) >= 11 is 0. The number of ketones is 2. The molecule has 2 aliphatic rings.